The van der Waals surface area contributed by atoms with Gasteiger partial charge < -0.3 is 10.0 Å². The minimum absolute atomic E-state index is 0.166. The second-order valence-corrected chi connectivity index (χ2v) is 3.17. The summed E-state index contributed by atoms with van der Waals surface area (Å²) in [6.45, 7) is 5.69. The topological polar surface area (TPSA) is 40.5 Å². The van der Waals surface area contributed by atoms with Gasteiger partial charge in [-0.3, -0.25) is 4.79 Å². The average molecular weight is 187 g/mol. The molecule has 1 N–H and O–H groups in total. The maximum Gasteiger partial charge on any atom is 0.222 e. The second kappa shape index (κ2) is 8.05. The predicted octanol–water partition coefficient (Wildman–Crippen LogP) is 1.41. The van der Waals surface area contributed by atoms with Crippen LogP contribution >= 0.6 is 0 Å². The van der Waals surface area contributed by atoms with E-state index in [-0.39, 0.29) is 12.5 Å². The molecule has 0 aliphatic heterocycles. The van der Waals surface area contributed by atoms with Crippen LogP contribution in [-0.2, 0) is 4.79 Å². The summed E-state index contributed by atoms with van der Waals surface area (Å²) in [5.41, 5.74) is 0. The Kier molecular flexibility index (Phi) is 7.69. The van der Waals surface area contributed by atoms with Crippen LogP contribution in [0.25, 0.3) is 0 Å². The van der Waals surface area contributed by atoms with Gasteiger partial charge in [0.25, 0.3) is 0 Å². The van der Waals surface area contributed by atoms with Crippen LogP contribution in [0.2, 0.25) is 0 Å². The molecule has 0 bridgehead atoms. The van der Waals surface area contributed by atoms with Crippen LogP contribution in [0, 0.1) is 0 Å². The molecule has 1 amide bonds. The van der Waals surface area contributed by atoms with E-state index in [0.29, 0.717) is 19.4 Å². The van der Waals surface area contributed by atoms with Gasteiger partial charge in [-0.25, -0.2) is 0 Å². The number of aliphatic hydroxyl groups excluding tert-OH is 1. The van der Waals surface area contributed by atoms with Crippen LogP contribution in [-0.4, -0.2) is 35.6 Å². The van der Waals surface area contributed by atoms with E-state index >= 15 is 0 Å². The van der Waals surface area contributed by atoms with Crippen LogP contribution < -0.4 is 0 Å². The van der Waals surface area contributed by atoms with Crippen molar-refractivity contribution in [1.29, 1.82) is 0 Å². The summed E-state index contributed by atoms with van der Waals surface area (Å²) in [6.07, 6.45) is 3.41. The van der Waals surface area contributed by atoms with Crippen molar-refractivity contribution in [2.75, 3.05) is 19.7 Å². The van der Waals surface area contributed by atoms with Crippen molar-refractivity contribution in [2.24, 2.45) is 0 Å². The van der Waals surface area contributed by atoms with Gasteiger partial charge in [-0.05, 0) is 12.8 Å². The van der Waals surface area contributed by atoms with Gasteiger partial charge in [0, 0.05) is 26.1 Å². The molecule has 0 aromatic rings. The molecule has 3 nitrogen and oxygen atoms in total. The Morgan fingerprint density at radius 2 is 1.85 bits per heavy atom. The lowest BCUT2D eigenvalue weighted by Gasteiger charge is -2.21. The molecule has 3 heteroatoms. The first-order chi connectivity index (χ1) is 6.26. The Bertz CT molecular complexity index is 129. The lowest BCUT2D eigenvalue weighted by molar-refractivity contribution is -0.131. The van der Waals surface area contributed by atoms with Crippen molar-refractivity contribution in [1.82, 2.24) is 4.90 Å². The molecule has 0 aromatic heterocycles. The zero-order valence-corrected chi connectivity index (χ0v) is 8.75. The molecule has 0 unspecified atom stereocenters. The predicted molar refractivity (Wildman–Crippen MR) is 53.5 cm³/mol. The van der Waals surface area contributed by atoms with Crippen LogP contribution in [0.3, 0.4) is 0 Å². The van der Waals surface area contributed by atoms with Gasteiger partial charge in [-0.2, -0.15) is 0 Å². The Hall–Kier alpha value is -0.570. The molecular weight excluding hydrogens is 166 g/mol. The summed E-state index contributed by atoms with van der Waals surface area (Å²) in [6, 6.07) is 0. The third-order valence-corrected chi connectivity index (χ3v) is 2.02. The first-order valence-corrected chi connectivity index (χ1v) is 5.14. The Morgan fingerprint density at radius 3 is 2.31 bits per heavy atom. The third-order valence-electron chi connectivity index (χ3n) is 2.02. The number of hydrogen-bond donors (Lipinski definition) is 1. The smallest absolute Gasteiger partial charge is 0.222 e. The van der Waals surface area contributed by atoms with Crippen molar-refractivity contribution < 1.29 is 9.90 Å². The van der Waals surface area contributed by atoms with Gasteiger partial charge in [0.1, 0.15) is 0 Å². The molecule has 78 valence electrons. The van der Waals surface area contributed by atoms with Crippen LogP contribution in [0.15, 0.2) is 0 Å². The summed E-state index contributed by atoms with van der Waals surface area (Å²) in [4.78, 5) is 13.2. The zero-order chi connectivity index (χ0) is 10.1. The molecule has 0 aliphatic rings. The van der Waals surface area contributed by atoms with E-state index in [1.165, 1.54) is 0 Å². The zero-order valence-electron chi connectivity index (χ0n) is 8.75. The summed E-state index contributed by atoms with van der Waals surface area (Å²) in [5.74, 6) is 0.196. The van der Waals surface area contributed by atoms with Crippen molar-refractivity contribution in [2.45, 2.75) is 39.5 Å². The van der Waals surface area contributed by atoms with Crippen molar-refractivity contribution in [3.8, 4) is 0 Å². The average Bonchev–Trinajstić information content (AvgIpc) is 2.17. The van der Waals surface area contributed by atoms with Crippen molar-refractivity contribution >= 4 is 5.91 Å². The molecule has 0 spiro atoms. The molecule has 0 fully saturated rings. The highest BCUT2D eigenvalue weighted by atomic mass is 16.3. The number of nitrogens with zero attached hydrogens (tertiary/aromatic N) is 1. The first-order valence-electron chi connectivity index (χ1n) is 5.14. The standard InChI is InChI=1S/C10H21NO2/c1-3-5-7-11(8-6-9-12)10(13)4-2/h12H,3-9H2,1-2H3. The van der Waals surface area contributed by atoms with Crippen LogP contribution in [0.1, 0.15) is 39.5 Å². The molecule has 0 radical (unpaired) electrons. The van der Waals surface area contributed by atoms with Gasteiger partial charge in [0.05, 0.1) is 0 Å². The number of unbranched alkanes of at least 4 members (excludes halogenated alkanes) is 1. The van der Waals surface area contributed by atoms with E-state index in [0.717, 1.165) is 19.4 Å². The molecule has 0 aliphatic carbocycles. The maximum atomic E-state index is 11.4. The number of amides is 1. The Balaban J connectivity index is 3.79. The normalized spacial score (nSPS) is 10.1. The summed E-state index contributed by atoms with van der Waals surface area (Å²) >= 11 is 0. The fourth-order valence-electron chi connectivity index (χ4n) is 1.20. The SMILES string of the molecule is CCCCN(CCCO)C(=O)CC. The van der Waals surface area contributed by atoms with E-state index in [2.05, 4.69) is 6.92 Å². The minimum atomic E-state index is 0.166. The second-order valence-electron chi connectivity index (χ2n) is 3.17. The van der Waals surface area contributed by atoms with Gasteiger partial charge >= 0.3 is 0 Å². The lowest BCUT2D eigenvalue weighted by atomic mass is 10.2. The van der Waals surface area contributed by atoms with E-state index in [1.807, 2.05) is 11.8 Å². The summed E-state index contributed by atoms with van der Waals surface area (Å²) < 4.78 is 0. The van der Waals surface area contributed by atoms with Crippen LogP contribution in [0.4, 0.5) is 0 Å². The lowest BCUT2D eigenvalue weighted by Crippen LogP contribution is -2.32. The number of carbonyl (C=O) groups is 1. The monoisotopic (exact) mass is 187 g/mol. The molecule has 0 rings (SSSR count). The number of aliphatic hydroxyl groups is 1. The molecule has 0 saturated heterocycles. The van der Waals surface area contributed by atoms with Gasteiger partial charge in [-0.1, -0.05) is 20.3 Å². The molecular formula is C10H21NO2. The number of rotatable bonds is 7. The summed E-state index contributed by atoms with van der Waals surface area (Å²) in [7, 11) is 0. The molecule has 0 heterocycles. The molecule has 0 aromatic carbocycles. The number of hydrogen-bond acceptors (Lipinski definition) is 2. The quantitative estimate of drug-likeness (QED) is 0.654. The third kappa shape index (κ3) is 5.64. The number of carbonyl (C=O) groups excluding carboxylic acids is 1. The van der Waals surface area contributed by atoms with Crippen molar-refractivity contribution in [3.63, 3.8) is 0 Å². The van der Waals surface area contributed by atoms with Gasteiger partial charge in [0.2, 0.25) is 5.91 Å². The van der Waals surface area contributed by atoms with E-state index in [1.54, 1.807) is 0 Å². The summed E-state index contributed by atoms with van der Waals surface area (Å²) in [5, 5.41) is 8.66. The molecule has 0 saturated carbocycles. The Labute approximate surface area is 80.7 Å². The van der Waals surface area contributed by atoms with Crippen LogP contribution in [0.5, 0.6) is 0 Å². The maximum absolute atomic E-state index is 11.4. The van der Waals surface area contributed by atoms with Gasteiger partial charge in [0.15, 0.2) is 0 Å². The van der Waals surface area contributed by atoms with E-state index < -0.39 is 0 Å². The molecule has 13 heavy (non-hydrogen) atoms. The van der Waals surface area contributed by atoms with E-state index in [4.69, 9.17) is 5.11 Å². The highest BCUT2D eigenvalue weighted by molar-refractivity contribution is 5.75. The first kappa shape index (κ1) is 12.4. The van der Waals surface area contributed by atoms with E-state index in [9.17, 15) is 4.79 Å². The fourth-order valence-corrected chi connectivity index (χ4v) is 1.20. The highest BCUT2D eigenvalue weighted by Crippen LogP contribution is 1.99. The largest absolute Gasteiger partial charge is 0.396 e. The Morgan fingerprint density at radius 1 is 1.23 bits per heavy atom. The molecule has 0 atom stereocenters. The van der Waals surface area contributed by atoms with Crippen molar-refractivity contribution in [3.05, 3.63) is 0 Å². The fraction of sp³-hybridized carbons (Fsp3) is 0.900. The van der Waals surface area contributed by atoms with Gasteiger partial charge in [-0.15, -0.1) is 0 Å². The highest BCUT2D eigenvalue weighted by Gasteiger charge is 2.09. The minimum Gasteiger partial charge on any atom is -0.396 e.